The van der Waals surface area contributed by atoms with Crippen molar-refractivity contribution >= 4 is 17.5 Å². The van der Waals surface area contributed by atoms with E-state index in [-0.39, 0.29) is 30.2 Å². The number of anilines is 1. The van der Waals surface area contributed by atoms with E-state index in [4.69, 9.17) is 0 Å². The molecule has 2 aromatic rings. The number of carbonyl (C=O) groups excluding carboxylic acids is 2. The molecule has 2 heterocycles. The smallest absolute Gasteiger partial charge is 0.244 e. The van der Waals surface area contributed by atoms with Crippen molar-refractivity contribution in [2.45, 2.75) is 18.9 Å². The van der Waals surface area contributed by atoms with Gasteiger partial charge in [-0.05, 0) is 42.7 Å². The van der Waals surface area contributed by atoms with Crippen molar-refractivity contribution in [1.82, 2.24) is 14.7 Å². The lowest BCUT2D eigenvalue weighted by atomic mass is 10.0. The molecule has 0 spiro atoms. The first-order valence-corrected chi connectivity index (χ1v) is 11.0. The zero-order valence-corrected chi connectivity index (χ0v) is 17.7. The highest BCUT2D eigenvalue weighted by Crippen LogP contribution is 2.26. The monoisotopic (exact) mass is 424 g/mol. The second-order valence-corrected chi connectivity index (χ2v) is 8.21. The summed E-state index contributed by atoms with van der Waals surface area (Å²) in [6.45, 7) is 4.84. The molecule has 31 heavy (non-hydrogen) atoms. The van der Waals surface area contributed by atoms with Gasteiger partial charge < -0.3 is 10.2 Å². The number of likely N-dealkylation sites (tertiary alicyclic amines) is 1. The normalized spacial score (nSPS) is 18.7. The van der Waals surface area contributed by atoms with E-state index >= 15 is 0 Å². The minimum atomic E-state index is -0.328. The number of halogens is 1. The van der Waals surface area contributed by atoms with E-state index < -0.39 is 0 Å². The van der Waals surface area contributed by atoms with Crippen LogP contribution in [0.3, 0.4) is 0 Å². The zero-order valence-electron chi connectivity index (χ0n) is 17.7. The summed E-state index contributed by atoms with van der Waals surface area (Å²) < 4.78 is 13.0. The van der Waals surface area contributed by atoms with Gasteiger partial charge in [-0.15, -0.1) is 0 Å². The van der Waals surface area contributed by atoms with Crippen LogP contribution in [0.15, 0.2) is 54.6 Å². The highest BCUT2D eigenvalue weighted by molar-refractivity contribution is 5.92. The number of piperazine rings is 1. The van der Waals surface area contributed by atoms with Crippen LogP contribution in [0.2, 0.25) is 0 Å². The van der Waals surface area contributed by atoms with Gasteiger partial charge in [-0.3, -0.25) is 19.4 Å². The molecule has 0 radical (unpaired) electrons. The van der Waals surface area contributed by atoms with Crippen molar-refractivity contribution in [3.63, 3.8) is 0 Å². The largest absolute Gasteiger partial charge is 0.341 e. The Hall–Kier alpha value is -2.77. The lowest BCUT2D eigenvalue weighted by Gasteiger charge is -2.39. The van der Waals surface area contributed by atoms with Gasteiger partial charge in [-0.1, -0.05) is 30.3 Å². The highest BCUT2D eigenvalue weighted by Gasteiger charge is 2.34. The maximum absolute atomic E-state index is 13.3. The van der Waals surface area contributed by atoms with Gasteiger partial charge in [0, 0.05) is 45.0 Å². The second kappa shape index (κ2) is 10.0. The summed E-state index contributed by atoms with van der Waals surface area (Å²) in [5, 5.41) is 2.81. The van der Waals surface area contributed by atoms with Crippen LogP contribution in [0.5, 0.6) is 0 Å². The molecule has 1 unspecified atom stereocenters. The van der Waals surface area contributed by atoms with E-state index in [0.717, 1.165) is 44.6 Å². The molecule has 2 fully saturated rings. The first kappa shape index (κ1) is 21.5. The van der Waals surface area contributed by atoms with Crippen LogP contribution in [-0.2, 0) is 9.59 Å². The fraction of sp³-hybridized carbons (Fsp3) is 0.417. The number of rotatable bonds is 6. The van der Waals surface area contributed by atoms with Crippen molar-refractivity contribution in [2.24, 2.45) is 0 Å². The van der Waals surface area contributed by atoms with Crippen LogP contribution < -0.4 is 5.32 Å². The van der Waals surface area contributed by atoms with Crippen LogP contribution in [0, 0.1) is 5.82 Å². The summed E-state index contributed by atoms with van der Waals surface area (Å²) in [5.41, 5.74) is 1.62. The van der Waals surface area contributed by atoms with E-state index in [1.807, 2.05) is 35.2 Å². The van der Waals surface area contributed by atoms with Crippen LogP contribution in [0.1, 0.15) is 24.4 Å². The van der Waals surface area contributed by atoms with Gasteiger partial charge in [0.25, 0.3) is 0 Å². The zero-order chi connectivity index (χ0) is 21.6. The van der Waals surface area contributed by atoms with Crippen molar-refractivity contribution in [1.29, 1.82) is 0 Å². The van der Waals surface area contributed by atoms with E-state index in [1.54, 1.807) is 12.1 Å². The molecular weight excluding hydrogens is 395 g/mol. The SMILES string of the molecule is O=C(CN1CCN(C(C(=O)N2CCCC2)c2ccccc2)CC1)Nc1ccc(F)cc1. The topological polar surface area (TPSA) is 55.9 Å². The molecule has 2 amide bonds. The van der Waals surface area contributed by atoms with Crippen LogP contribution in [0.4, 0.5) is 10.1 Å². The highest BCUT2D eigenvalue weighted by atomic mass is 19.1. The van der Waals surface area contributed by atoms with Gasteiger partial charge in [0.1, 0.15) is 11.9 Å². The maximum atomic E-state index is 13.3. The Kier molecular flexibility index (Phi) is 6.94. The average Bonchev–Trinajstić information content (AvgIpc) is 3.32. The number of carbonyl (C=O) groups is 2. The molecule has 2 saturated heterocycles. The quantitative estimate of drug-likeness (QED) is 0.775. The van der Waals surface area contributed by atoms with Crippen molar-refractivity contribution in [3.8, 4) is 0 Å². The number of nitrogens with zero attached hydrogens (tertiary/aromatic N) is 3. The molecule has 1 atom stereocenters. The molecule has 4 rings (SSSR count). The molecule has 164 valence electrons. The fourth-order valence-electron chi connectivity index (χ4n) is 4.37. The summed E-state index contributed by atoms with van der Waals surface area (Å²) in [6.07, 6.45) is 2.15. The van der Waals surface area contributed by atoms with Crippen molar-refractivity contribution < 1.29 is 14.0 Å². The van der Waals surface area contributed by atoms with E-state index in [0.29, 0.717) is 18.8 Å². The van der Waals surface area contributed by atoms with Gasteiger partial charge in [-0.25, -0.2) is 4.39 Å². The Morgan fingerprint density at radius 3 is 2.16 bits per heavy atom. The summed E-state index contributed by atoms with van der Waals surface area (Å²) >= 11 is 0. The first-order valence-electron chi connectivity index (χ1n) is 11.0. The van der Waals surface area contributed by atoms with Gasteiger partial charge in [-0.2, -0.15) is 0 Å². The molecule has 2 aromatic carbocycles. The third-order valence-electron chi connectivity index (χ3n) is 6.03. The first-order chi connectivity index (χ1) is 15.1. The fourth-order valence-corrected chi connectivity index (χ4v) is 4.37. The third-order valence-corrected chi connectivity index (χ3v) is 6.03. The Balaban J connectivity index is 1.35. The average molecular weight is 425 g/mol. The third kappa shape index (κ3) is 5.48. The maximum Gasteiger partial charge on any atom is 0.244 e. The van der Waals surface area contributed by atoms with Gasteiger partial charge in [0.15, 0.2) is 0 Å². The lowest BCUT2D eigenvalue weighted by Crippen LogP contribution is -2.52. The van der Waals surface area contributed by atoms with E-state index in [1.165, 1.54) is 12.1 Å². The van der Waals surface area contributed by atoms with E-state index in [2.05, 4.69) is 15.1 Å². The molecule has 7 heteroatoms. The molecular formula is C24H29FN4O2. The number of hydrogen-bond acceptors (Lipinski definition) is 4. The summed E-state index contributed by atoms with van der Waals surface area (Å²) in [5.74, 6) is -0.260. The van der Waals surface area contributed by atoms with Crippen LogP contribution in [0.25, 0.3) is 0 Å². The van der Waals surface area contributed by atoms with Crippen molar-refractivity contribution in [2.75, 3.05) is 51.1 Å². The molecule has 2 aliphatic rings. The molecule has 0 bridgehead atoms. The minimum absolute atomic E-state index is 0.118. The van der Waals surface area contributed by atoms with Gasteiger partial charge >= 0.3 is 0 Å². The predicted octanol–water partition coefficient (Wildman–Crippen LogP) is 2.75. The number of benzene rings is 2. The summed E-state index contributed by atoms with van der Waals surface area (Å²) in [4.78, 5) is 32.0. The minimum Gasteiger partial charge on any atom is -0.341 e. The van der Waals surface area contributed by atoms with Gasteiger partial charge in [0.2, 0.25) is 11.8 Å². The molecule has 0 saturated carbocycles. The van der Waals surface area contributed by atoms with Crippen LogP contribution >= 0.6 is 0 Å². The molecule has 2 aliphatic heterocycles. The van der Waals surface area contributed by atoms with Crippen LogP contribution in [-0.4, -0.2) is 72.3 Å². The second-order valence-electron chi connectivity index (χ2n) is 8.21. The molecule has 6 nitrogen and oxygen atoms in total. The standard InChI is InChI=1S/C24H29FN4O2/c25-20-8-10-21(11-9-20)26-22(30)18-27-14-16-28(17-15-27)23(19-6-2-1-3-7-19)24(31)29-12-4-5-13-29/h1-3,6-11,23H,4-5,12-18H2,(H,26,30). The Bertz CT molecular complexity index is 876. The number of hydrogen-bond donors (Lipinski definition) is 1. The Morgan fingerprint density at radius 2 is 1.52 bits per heavy atom. The molecule has 1 N–H and O–H groups in total. The Labute approximate surface area is 182 Å². The number of amides is 2. The van der Waals surface area contributed by atoms with Crippen molar-refractivity contribution in [3.05, 3.63) is 66.0 Å². The lowest BCUT2D eigenvalue weighted by molar-refractivity contribution is -0.137. The summed E-state index contributed by atoms with van der Waals surface area (Å²) in [7, 11) is 0. The molecule has 0 aromatic heterocycles. The Morgan fingerprint density at radius 1 is 0.871 bits per heavy atom. The predicted molar refractivity (Wildman–Crippen MR) is 118 cm³/mol. The van der Waals surface area contributed by atoms with Gasteiger partial charge in [0.05, 0.1) is 6.54 Å². The van der Waals surface area contributed by atoms with E-state index in [9.17, 15) is 14.0 Å². The molecule has 0 aliphatic carbocycles. The number of nitrogens with one attached hydrogen (secondary N) is 1. The summed E-state index contributed by atoms with van der Waals surface area (Å²) in [6, 6.07) is 15.5.